The van der Waals surface area contributed by atoms with Gasteiger partial charge >= 0.3 is 0 Å². The average molecular weight is 286 g/mol. The zero-order valence-electron chi connectivity index (χ0n) is 9.59. The van der Waals surface area contributed by atoms with Gasteiger partial charge in [-0.25, -0.2) is 9.97 Å². The van der Waals surface area contributed by atoms with E-state index in [1.165, 1.54) is 0 Å². The van der Waals surface area contributed by atoms with Crippen LogP contribution in [0.1, 0.15) is 26.1 Å². The summed E-state index contributed by atoms with van der Waals surface area (Å²) in [6.07, 6.45) is 1.84. The van der Waals surface area contributed by atoms with Crippen molar-refractivity contribution in [3.8, 4) is 0 Å². The van der Waals surface area contributed by atoms with Crippen LogP contribution in [-0.4, -0.2) is 28.7 Å². The Balaban J connectivity index is 2.17. The van der Waals surface area contributed by atoms with Gasteiger partial charge in [0.2, 0.25) is 0 Å². The van der Waals surface area contributed by atoms with E-state index >= 15 is 0 Å². The van der Waals surface area contributed by atoms with E-state index in [-0.39, 0.29) is 5.54 Å². The maximum absolute atomic E-state index is 5.40. The molecule has 1 aliphatic rings. The lowest BCUT2D eigenvalue weighted by atomic mass is 10.0. The van der Waals surface area contributed by atoms with E-state index in [2.05, 4.69) is 38.1 Å². The lowest BCUT2D eigenvalue weighted by molar-refractivity contribution is 0.185. The van der Waals surface area contributed by atoms with Crippen LogP contribution in [0, 0.1) is 0 Å². The number of anilines is 1. The molecule has 0 spiro atoms. The molecule has 1 saturated heterocycles. The molecule has 16 heavy (non-hydrogen) atoms. The highest BCUT2D eigenvalue weighted by atomic mass is 79.9. The summed E-state index contributed by atoms with van der Waals surface area (Å²) in [5.41, 5.74) is -0.00119. The summed E-state index contributed by atoms with van der Waals surface area (Å²) in [5, 5.41) is 3.43. The third kappa shape index (κ3) is 2.71. The van der Waals surface area contributed by atoms with Crippen LogP contribution in [0.5, 0.6) is 0 Å². The molecule has 88 valence electrons. The van der Waals surface area contributed by atoms with E-state index in [4.69, 9.17) is 4.74 Å². The molecule has 1 fully saturated rings. The van der Waals surface area contributed by atoms with Gasteiger partial charge in [-0.05, 0) is 29.3 Å². The van der Waals surface area contributed by atoms with E-state index in [9.17, 15) is 0 Å². The Morgan fingerprint density at radius 1 is 1.56 bits per heavy atom. The minimum absolute atomic E-state index is 0.00119. The fraction of sp³-hybridized carbons (Fsp3) is 0.636. The normalized spacial score (nSPS) is 24.7. The van der Waals surface area contributed by atoms with Crippen molar-refractivity contribution >= 4 is 21.7 Å². The molecule has 0 radical (unpaired) electrons. The molecule has 2 rings (SSSR count). The van der Waals surface area contributed by atoms with Gasteiger partial charge < -0.3 is 10.1 Å². The summed E-state index contributed by atoms with van der Waals surface area (Å²) in [6.45, 7) is 5.75. The third-order valence-electron chi connectivity index (χ3n) is 2.71. The molecule has 1 aliphatic heterocycles. The van der Waals surface area contributed by atoms with Crippen molar-refractivity contribution in [2.75, 3.05) is 18.5 Å². The van der Waals surface area contributed by atoms with Gasteiger partial charge in [0.15, 0.2) is 0 Å². The number of hydrogen-bond acceptors (Lipinski definition) is 4. The Labute approximate surface area is 104 Å². The van der Waals surface area contributed by atoms with E-state index in [1.54, 1.807) is 0 Å². The Hall–Kier alpha value is -0.680. The van der Waals surface area contributed by atoms with Gasteiger partial charge in [0.1, 0.15) is 16.2 Å². The molecule has 0 aliphatic carbocycles. The summed E-state index contributed by atoms with van der Waals surface area (Å²) >= 11 is 3.40. The SMILES string of the molecule is CCc1nc(Br)cc(NC2(C)CCOC2)n1. The van der Waals surface area contributed by atoms with E-state index < -0.39 is 0 Å². The molecular weight excluding hydrogens is 270 g/mol. The molecule has 0 amide bonds. The average Bonchev–Trinajstić information content (AvgIpc) is 2.63. The number of aromatic nitrogens is 2. The predicted octanol–water partition coefficient (Wildman–Crippen LogP) is 2.39. The molecular formula is C11H16BrN3O. The maximum atomic E-state index is 5.40. The molecule has 1 aromatic rings. The van der Waals surface area contributed by atoms with Crippen LogP contribution in [0.25, 0.3) is 0 Å². The second-order valence-corrected chi connectivity index (χ2v) is 5.15. The van der Waals surface area contributed by atoms with E-state index in [0.717, 1.165) is 42.3 Å². The van der Waals surface area contributed by atoms with Crippen molar-refractivity contribution in [1.82, 2.24) is 9.97 Å². The molecule has 1 N–H and O–H groups in total. The summed E-state index contributed by atoms with van der Waals surface area (Å²) < 4.78 is 6.22. The van der Waals surface area contributed by atoms with Gasteiger partial charge in [-0.1, -0.05) is 6.92 Å². The lowest BCUT2D eigenvalue weighted by Crippen LogP contribution is -2.35. The monoisotopic (exact) mass is 285 g/mol. The number of halogens is 1. The minimum atomic E-state index is -0.00119. The maximum Gasteiger partial charge on any atom is 0.131 e. The van der Waals surface area contributed by atoms with Crippen LogP contribution >= 0.6 is 15.9 Å². The second kappa shape index (κ2) is 4.67. The predicted molar refractivity (Wildman–Crippen MR) is 66.6 cm³/mol. The first-order chi connectivity index (χ1) is 7.61. The largest absolute Gasteiger partial charge is 0.379 e. The van der Waals surface area contributed by atoms with Crippen LogP contribution in [0.3, 0.4) is 0 Å². The Bertz CT molecular complexity index is 377. The Morgan fingerprint density at radius 3 is 3.00 bits per heavy atom. The Morgan fingerprint density at radius 2 is 2.38 bits per heavy atom. The topological polar surface area (TPSA) is 47.0 Å². The number of aryl methyl sites for hydroxylation is 1. The zero-order chi connectivity index (χ0) is 11.6. The van der Waals surface area contributed by atoms with E-state index in [0.29, 0.717) is 0 Å². The van der Waals surface area contributed by atoms with E-state index in [1.807, 2.05) is 13.0 Å². The smallest absolute Gasteiger partial charge is 0.131 e. The molecule has 0 aromatic carbocycles. The van der Waals surface area contributed by atoms with Crippen molar-refractivity contribution in [3.05, 3.63) is 16.5 Å². The van der Waals surface area contributed by atoms with Crippen molar-refractivity contribution in [1.29, 1.82) is 0 Å². The number of ether oxygens (including phenoxy) is 1. The van der Waals surface area contributed by atoms with Gasteiger partial charge in [-0.15, -0.1) is 0 Å². The van der Waals surface area contributed by atoms with Gasteiger partial charge in [0, 0.05) is 19.1 Å². The first-order valence-corrected chi connectivity index (χ1v) is 6.30. The quantitative estimate of drug-likeness (QED) is 0.867. The van der Waals surface area contributed by atoms with Crippen molar-refractivity contribution in [3.63, 3.8) is 0 Å². The van der Waals surface area contributed by atoms with Gasteiger partial charge in [-0.2, -0.15) is 0 Å². The first kappa shape index (κ1) is 11.8. The summed E-state index contributed by atoms with van der Waals surface area (Å²) in [4.78, 5) is 8.74. The van der Waals surface area contributed by atoms with Crippen molar-refractivity contribution in [2.24, 2.45) is 0 Å². The molecule has 4 nitrogen and oxygen atoms in total. The molecule has 1 aromatic heterocycles. The highest BCUT2D eigenvalue weighted by molar-refractivity contribution is 9.10. The second-order valence-electron chi connectivity index (χ2n) is 4.33. The number of nitrogens with one attached hydrogen (secondary N) is 1. The number of rotatable bonds is 3. The van der Waals surface area contributed by atoms with Crippen LogP contribution in [0.15, 0.2) is 10.7 Å². The third-order valence-corrected chi connectivity index (χ3v) is 3.11. The van der Waals surface area contributed by atoms with Crippen LogP contribution in [0.2, 0.25) is 0 Å². The zero-order valence-corrected chi connectivity index (χ0v) is 11.2. The fourth-order valence-corrected chi connectivity index (χ4v) is 2.18. The highest BCUT2D eigenvalue weighted by Crippen LogP contribution is 2.24. The van der Waals surface area contributed by atoms with Crippen molar-refractivity contribution < 1.29 is 4.74 Å². The summed E-state index contributed by atoms with van der Waals surface area (Å²) in [5.74, 6) is 1.71. The van der Waals surface area contributed by atoms with Crippen LogP contribution in [0.4, 0.5) is 5.82 Å². The molecule has 1 unspecified atom stereocenters. The van der Waals surface area contributed by atoms with Gasteiger partial charge in [0.05, 0.1) is 12.1 Å². The molecule has 0 saturated carbocycles. The molecule has 5 heteroatoms. The van der Waals surface area contributed by atoms with Crippen LogP contribution in [-0.2, 0) is 11.2 Å². The first-order valence-electron chi connectivity index (χ1n) is 5.51. The highest BCUT2D eigenvalue weighted by Gasteiger charge is 2.29. The molecule has 1 atom stereocenters. The number of hydrogen-bond donors (Lipinski definition) is 1. The summed E-state index contributed by atoms with van der Waals surface area (Å²) in [7, 11) is 0. The fourth-order valence-electron chi connectivity index (χ4n) is 1.76. The van der Waals surface area contributed by atoms with Gasteiger partial charge in [0.25, 0.3) is 0 Å². The standard InChI is InChI=1S/C11H16BrN3O/c1-3-9-13-8(12)6-10(14-9)15-11(2)4-5-16-7-11/h6H,3-5,7H2,1-2H3,(H,13,14,15). The minimum Gasteiger partial charge on any atom is -0.379 e. The Kier molecular flexibility index (Phi) is 3.44. The lowest BCUT2D eigenvalue weighted by Gasteiger charge is -2.24. The summed E-state index contributed by atoms with van der Waals surface area (Å²) in [6, 6.07) is 1.91. The van der Waals surface area contributed by atoms with Crippen LogP contribution < -0.4 is 5.32 Å². The number of nitrogens with zero attached hydrogens (tertiary/aromatic N) is 2. The van der Waals surface area contributed by atoms with Crippen molar-refractivity contribution in [2.45, 2.75) is 32.2 Å². The molecule has 0 bridgehead atoms. The van der Waals surface area contributed by atoms with Gasteiger partial charge in [-0.3, -0.25) is 0 Å². The molecule has 2 heterocycles.